The Kier molecular flexibility index (Phi) is 5.79. The van der Waals surface area contributed by atoms with Gasteiger partial charge in [0.25, 0.3) is 0 Å². The number of rotatable bonds is 7. The molecule has 2 aromatic rings. The molecule has 0 fully saturated rings. The quantitative estimate of drug-likeness (QED) is 0.718. The van der Waals surface area contributed by atoms with E-state index >= 15 is 0 Å². The summed E-state index contributed by atoms with van der Waals surface area (Å²) in [5.41, 5.74) is 0.616. The number of benzene rings is 1. The molecule has 0 aliphatic heterocycles. The van der Waals surface area contributed by atoms with E-state index in [-0.39, 0.29) is 5.78 Å². The molecule has 0 atom stereocenters. The number of hydrogen-bond acceptors (Lipinski definition) is 4. The van der Waals surface area contributed by atoms with Crippen LogP contribution in [0.1, 0.15) is 22.2 Å². The summed E-state index contributed by atoms with van der Waals surface area (Å²) in [7, 11) is 1.56. The van der Waals surface area contributed by atoms with E-state index in [1.807, 2.05) is 11.4 Å². The second-order valence-electron chi connectivity index (χ2n) is 4.66. The van der Waals surface area contributed by atoms with Crippen molar-refractivity contribution in [1.82, 2.24) is 4.90 Å². The van der Waals surface area contributed by atoms with Crippen molar-refractivity contribution in [2.75, 3.05) is 20.2 Å². The van der Waals surface area contributed by atoms with Gasteiger partial charge >= 0.3 is 0 Å². The maximum Gasteiger partial charge on any atom is 0.176 e. The van der Waals surface area contributed by atoms with E-state index in [9.17, 15) is 4.79 Å². The van der Waals surface area contributed by atoms with Crippen LogP contribution in [0.2, 0.25) is 5.02 Å². The molecule has 0 bridgehead atoms. The molecule has 5 heteroatoms. The van der Waals surface area contributed by atoms with Crippen LogP contribution in [-0.4, -0.2) is 30.9 Å². The van der Waals surface area contributed by atoms with Gasteiger partial charge in [0, 0.05) is 17.0 Å². The molecule has 0 radical (unpaired) electrons. The topological polar surface area (TPSA) is 29.5 Å². The van der Waals surface area contributed by atoms with Gasteiger partial charge in [0.05, 0.1) is 18.7 Å². The lowest BCUT2D eigenvalue weighted by Gasteiger charge is -2.18. The Morgan fingerprint density at radius 1 is 1.38 bits per heavy atom. The molecule has 21 heavy (non-hydrogen) atoms. The number of carbonyl (C=O) groups is 1. The molecule has 0 spiro atoms. The van der Waals surface area contributed by atoms with Crippen molar-refractivity contribution in [2.45, 2.75) is 13.5 Å². The molecule has 0 N–H and O–H groups in total. The minimum absolute atomic E-state index is 0.0676. The SMILES string of the molecule is CCN(CC(=O)c1ccc(OC)c(Cl)c1)Cc1cccs1. The number of likely N-dealkylation sites (N-methyl/N-ethyl adjacent to an activating group) is 1. The normalized spacial score (nSPS) is 10.9. The average Bonchev–Trinajstić information content (AvgIpc) is 2.99. The predicted molar refractivity (Wildman–Crippen MR) is 87.6 cm³/mol. The molecule has 0 amide bonds. The smallest absolute Gasteiger partial charge is 0.176 e. The highest BCUT2D eigenvalue weighted by atomic mass is 35.5. The Balaban J connectivity index is 2.03. The molecule has 0 aliphatic carbocycles. The number of methoxy groups -OCH3 is 1. The van der Waals surface area contributed by atoms with Crippen LogP contribution >= 0.6 is 22.9 Å². The van der Waals surface area contributed by atoms with Crippen LogP contribution in [0.4, 0.5) is 0 Å². The van der Waals surface area contributed by atoms with Crippen LogP contribution in [0, 0.1) is 0 Å². The molecule has 1 aromatic carbocycles. The molecular weight excluding hydrogens is 306 g/mol. The van der Waals surface area contributed by atoms with E-state index in [1.165, 1.54) is 4.88 Å². The highest BCUT2D eigenvalue weighted by Crippen LogP contribution is 2.25. The first-order valence-electron chi connectivity index (χ1n) is 6.75. The molecular formula is C16H18ClNO2S. The van der Waals surface area contributed by atoms with E-state index in [2.05, 4.69) is 17.9 Å². The summed E-state index contributed by atoms with van der Waals surface area (Å²) >= 11 is 7.78. The largest absolute Gasteiger partial charge is 0.495 e. The number of ketones is 1. The lowest BCUT2D eigenvalue weighted by atomic mass is 10.1. The zero-order valence-electron chi connectivity index (χ0n) is 12.1. The Labute approximate surface area is 134 Å². The van der Waals surface area contributed by atoms with Crippen molar-refractivity contribution in [2.24, 2.45) is 0 Å². The minimum Gasteiger partial charge on any atom is -0.495 e. The van der Waals surface area contributed by atoms with Gasteiger partial charge in [0.1, 0.15) is 5.75 Å². The molecule has 112 valence electrons. The maximum atomic E-state index is 12.4. The van der Waals surface area contributed by atoms with E-state index in [0.29, 0.717) is 22.9 Å². The number of carbonyl (C=O) groups excluding carboxylic acids is 1. The second-order valence-corrected chi connectivity index (χ2v) is 6.09. The van der Waals surface area contributed by atoms with Gasteiger partial charge in [-0.1, -0.05) is 24.6 Å². The highest BCUT2D eigenvalue weighted by Gasteiger charge is 2.13. The average molecular weight is 324 g/mol. The third kappa shape index (κ3) is 4.30. The van der Waals surface area contributed by atoms with Crippen LogP contribution in [0.3, 0.4) is 0 Å². The fourth-order valence-electron chi connectivity index (χ4n) is 2.04. The molecule has 0 aliphatic rings. The van der Waals surface area contributed by atoms with Crippen molar-refractivity contribution in [3.8, 4) is 5.75 Å². The molecule has 2 rings (SSSR count). The van der Waals surface area contributed by atoms with Gasteiger partial charge in [-0.15, -0.1) is 11.3 Å². The molecule has 1 heterocycles. The molecule has 3 nitrogen and oxygen atoms in total. The van der Waals surface area contributed by atoms with Gasteiger partial charge < -0.3 is 4.74 Å². The number of nitrogens with zero attached hydrogens (tertiary/aromatic N) is 1. The lowest BCUT2D eigenvalue weighted by Crippen LogP contribution is -2.29. The summed E-state index contributed by atoms with van der Waals surface area (Å²) in [5.74, 6) is 0.650. The third-order valence-corrected chi connectivity index (χ3v) is 4.40. The van der Waals surface area contributed by atoms with Crippen molar-refractivity contribution in [3.05, 3.63) is 51.2 Å². The van der Waals surface area contributed by atoms with Gasteiger partial charge in [0.2, 0.25) is 0 Å². The van der Waals surface area contributed by atoms with E-state index < -0.39 is 0 Å². The maximum absolute atomic E-state index is 12.4. The van der Waals surface area contributed by atoms with Gasteiger partial charge in [0.15, 0.2) is 5.78 Å². The summed E-state index contributed by atoms with van der Waals surface area (Å²) in [6, 6.07) is 9.26. The Morgan fingerprint density at radius 2 is 2.19 bits per heavy atom. The van der Waals surface area contributed by atoms with Gasteiger partial charge in [-0.25, -0.2) is 0 Å². The lowest BCUT2D eigenvalue weighted by molar-refractivity contribution is 0.0930. The number of ether oxygens (including phenoxy) is 1. The first-order chi connectivity index (χ1) is 10.1. The van der Waals surface area contributed by atoms with Crippen LogP contribution < -0.4 is 4.74 Å². The fourth-order valence-corrected chi connectivity index (χ4v) is 3.04. The van der Waals surface area contributed by atoms with Crippen LogP contribution in [0.15, 0.2) is 35.7 Å². The van der Waals surface area contributed by atoms with Crippen molar-refractivity contribution < 1.29 is 9.53 Å². The summed E-state index contributed by atoms with van der Waals surface area (Å²) in [6.07, 6.45) is 0. The van der Waals surface area contributed by atoms with E-state index in [0.717, 1.165) is 13.1 Å². The molecule has 0 saturated heterocycles. The molecule has 1 aromatic heterocycles. The first-order valence-corrected chi connectivity index (χ1v) is 8.01. The van der Waals surface area contributed by atoms with Crippen LogP contribution in [-0.2, 0) is 6.54 Å². The number of Topliss-reactive ketones (excluding diaryl/α,β-unsaturated/α-hetero) is 1. The fraction of sp³-hybridized carbons (Fsp3) is 0.312. The van der Waals surface area contributed by atoms with E-state index in [4.69, 9.17) is 16.3 Å². The number of halogens is 1. The summed E-state index contributed by atoms with van der Waals surface area (Å²) in [6.45, 7) is 4.07. The highest BCUT2D eigenvalue weighted by molar-refractivity contribution is 7.09. The Hall–Kier alpha value is -1.36. The zero-order chi connectivity index (χ0) is 15.2. The molecule has 0 unspecified atom stereocenters. The van der Waals surface area contributed by atoms with E-state index in [1.54, 1.807) is 36.6 Å². The van der Waals surface area contributed by atoms with Crippen LogP contribution in [0.25, 0.3) is 0 Å². The predicted octanol–water partition coefficient (Wildman–Crippen LogP) is 4.11. The van der Waals surface area contributed by atoms with Crippen molar-refractivity contribution in [1.29, 1.82) is 0 Å². The van der Waals surface area contributed by atoms with Crippen molar-refractivity contribution >= 4 is 28.7 Å². The number of thiophene rings is 1. The van der Waals surface area contributed by atoms with Gasteiger partial charge in [-0.2, -0.15) is 0 Å². The first kappa shape index (κ1) is 16.0. The summed E-state index contributed by atoms with van der Waals surface area (Å²) in [4.78, 5) is 15.7. The van der Waals surface area contributed by atoms with Crippen LogP contribution in [0.5, 0.6) is 5.75 Å². The molecule has 0 saturated carbocycles. The van der Waals surface area contributed by atoms with Gasteiger partial charge in [-0.05, 0) is 36.2 Å². The van der Waals surface area contributed by atoms with Gasteiger partial charge in [-0.3, -0.25) is 9.69 Å². The summed E-state index contributed by atoms with van der Waals surface area (Å²) < 4.78 is 5.10. The number of hydrogen-bond donors (Lipinski definition) is 0. The standard InChI is InChI=1S/C16H18ClNO2S/c1-3-18(10-13-5-4-8-21-13)11-15(19)12-6-7-16(20-2)14(17)9-12/h4-9H,3,10-11H2,1-2H3. The second kappa shape index (κ2) is 7.59. The third-order valence-electron chi connectivity index (χ3n) is 3.25. The van der Waals surface area contributed by atoms with Crippen molar-refractivity contribution in [3.63, 3.8) is 0 Å². The Morgan fingerprint density at radius 3 is 2.76 bits per heavy atom. The zero-order valence-corrected chi connectivity index (χ0v) is 13.7. The minimum atomic E-state index is 0.0676. The summed E-state index contributed by atoms with van der Waals surface area (Å²) in [5, 5.41) is 2.51. The Bertz CT molecular complexity index is 598. The monoisotopic (exact) mass is 323 g/mol.